The third-order valence-electron chi connectivity index (χ3n) is 3.91. The number of amides is 1. The van der Waals surface area contributed by atoms with Crippen molar-refractivity contribution in [2.45, 2.75) is 19.4 Å². The molecule has 0 aliphatic carbocycles. The lowest BCUT2D eigenvalue weighted by Crippen LogP contribution is -2.27. The Bertz CT molecular complexity index is 648. The van der Waals surface area contributed by atoms with Gasteiger partial charge < -0.3 is 10.2 Å². The molecule has 0 bridgehead atoms. The van der Waals surface area contributed by atoms with E-state index in [4.69, 9.17) is 0 Å². The second kappa shape index (κ2) is 6.60. The van der Waals surface area contributed by atoms with Gasteiger partial charge in [-0.15, -0.1) is 0 Å². The summed E-state index contributed by atoms with van der Waals surface area (Å²) in [4.78, 5) is 14.1. The minimum atomic E-state index is -0.231. The largest absolute Gasteiger partial charge is 0.381 e. The highest BCUT2D eigenvalue weighted by Gasteiger charge is 2.18. The maximum absolute atomic E-state index is 13.1. The van der Waals surface area contributed by atoms with Crippen molar-refractivity contribution in [3.05, 3.63) is 65.5 Å². The van der Waals surface area contributed by atoms with E-state index in [9.17, 15) is 9.18 Å². The Morgan fingerprint density at radius 3 is 2.50 bits per heavy atom. The molecule has 1 aliphatic heterocycles. The molecule has 114 valence electrons. The zero-order chi connectivity index (χ0) is 15.4. The van der Waals surface area contributed by atoms with Crippen molar-refractivity contribution in [2.75, 3.05) is 18.4 Å². The Kier molecular flexibility index (Phi) is 4.37. The third kappa shape index (κ3) is 3.45. The van der Waals surface area contributed by atoms with Crippen molar-refractivity contribution in [2.24, 2.45) is 0 Å². The highest BCUT2D eigenvalue weighted by atomic mass is 19.1. The van der Waals surface area contributed by atoms with Crippen LogP contribution in [-0.4, -0.2) is 23.9 Å². The van der Waals surface area contributed by atoms with Crippen LogP contribution < -0.4 is 5.32 Å². The number of hydrogen-bond acceptors (Lipinski definition) is 2. The zero-order valence-electron chi connectivity index (χ0n) is 12.4. The van der Waals surface area contributed by atoms with Crippen molar-refractivity contribution in [1.29, 1.82) is 0 Å². The van der Waals surface area contributed by atoms with Crippen LogP contribution >= 0.6 is 0 Å². The third-order valence-corrected chi connectivity index (χ3v) is 3.91. The molecule has 2 aromatic rings. The smallest absolute Gasteiger partial charge is 0.253 e. The molecule has 0 unspecified atom stereocenters. The van der Waals surface area contributed by atoms with E-state index >= 15 is 0 Å². The first-order valence-electron chi connectivity index (χ1n) is 7.60. The average molecular weight is 298 g/mol. The van der Waals surface area contributed by atoms with Gasteiger partial charge in [-0.1, -0.05) is 12.1 Å². The Balaban J connectivity index is 1.60. The molecule has 1 saturated heterocycles. The second-order valence-corrected chi connectivity index (χ2v) is 5.56. The Labute approximate surface area is 129 Å². The van der Waals surface area contributed by atoms with E-state index < -0.39 is 0 Å². The van der Waals surface area contributed by atoms with Crippen LogP contribution in [0.1, 0.15) is 28.8 Å². The van der Waals surface area contributed by atoms with Crippen LogP contribution in [0.5, 0.6) is 0 Å². The van der Waals surface area contributed by atoms with Crippen molar-refractivity contribution in [1.82, 2.24) is 4.90 Å². The molecule has 1 aliphatic rings. The summed E-state index contributed by atoms with van der Waals surface area (Å²) in [6, 6.07) is 14.0. The molecule has 0 radical (unpaired) electrons. The topological polar surface area (TPSA) is 32.3 Å². The molecule has 1 N–H and O–H groups in total. The molecule has 0 aromatic heterocycles. The van der Waals surface area contributed by atoms with E-state index in [0.717, 1.165) is 42.7 Å². The maximum Gasteiger partial charge on any atom is 0.253 e. The minimum absolute atomic E-state index is 0.106. The monoisotopic (exact) mass is 298 g/mol. The molecular weight excluding hydrogens is 279 g/mol. The Hall–Kier alpha value is -2.36. The van der Waals surface area contributed by atoms with Crippen LogP contribution in [0.3, 0.4) is 0 Å². The van der Waals surface area contributed by atoms with E-state index in [0.29, 0.717) is 6.54 Å². The van der Waals surface area contributed by atoms with Crippen LogP contribution in [0.4, 0.5) is 10.1 Å². The van der Waals surface area contributed by atoms with Gasteiger partial charge in [0.05, 0.1) is 0 Å². The molecule has 0 saturated carbocycles. The molecule has 22 heavy (non-hydrogen) atoms. The van der Waals surface area contributed by atoms with Crippen molar-refractivity contribution >= 4 is 11.6 Å². The van der Waals surface area contributed by atoms with Crippen molar-refractivity contribution in [3.63, 3.8) is 0 Å². The van der Waals surface area contributed by atoms with E-state index in [1.54, 1.807) is 6.07 Å². The molecular formula is C18H19FN2O. The number of halogens is 1. The summed E-state index contributed by atoms with van der Waals surface area (Å²) in [7, 11) is 0. The summed E-state index contributed by atoms with van der Waals surface area (Å²) in [5.41, 5.74) is 2.53. The SMILES string of the molecule is O=C(c1ccc(NCc2cccc(F)c2)cc1)N1CCCC1. The van der Waals surface area contributed by atoms with Crippen LogP contribution in [0, 0.1) is 5.82 Å². The Morgan fingerprint density at radius 2 is 1.82 bits per heavy atom. The number of carbonyl (C=O) groups is 1. The lowest BCUT2D eigenvalue weighted by atomic mass is 10.1. The van der Waals surface area contributed by atoms with Crippen LogP contribution in [-0.2, 0) is 6.54 Å². The van der Waals surface area contributed by atoms with Crippen molar-refractivity contribution < 1.29 is 9.18 Å². The van der Waals surface area contributed by atoms with Gasteiger partial charge in [0.25, 0.3) is 5.91 Å². The number of benzene rings is 2. The number of nitrogens with zero attached hydrogens (tertiary/aromatic N) is 1. The first-order chi connectivity index (χ1) is 10.7. The second-order valence-electron chi connectivity index (χ2n) is 5.56. The standard InChI is InChI=1S/C18H19FN2O/c19-16-5-3-4-14(12-16)13-20-17-8-6-15(7-9-17)18(22)21-10-1-2-11-21/h3-9,12,20H,1-2,10-11,13H2. The summed E-state index contributed by atoms with van der Waals surface area (Å²) < 4.78 is 13.1. The minimum Gasteiger partial charge on any atom is -0.381 e. The van der Waals surface area contributed by atoms with Crippen LogP contribution in [0.2, 0.25) is 0 Å². The molecule has 0 atom stereocenters. The number of rotatable bonds is 4. The van der Waals surface area contributed by atoms with Crippen molar-refractivity contribution in [3.8, 4) is 0 Å². The first-order valence-corrected chi connectivity index (χ1v) is 7.60. The maximum atomic E-state index is 13.1. The van der Waals surface area contributed by atoms with Gasteiger partial charge in [-0.05, 0) is 54.8 Å². The molecule has 1 amide bonds. The average Bonchev–Trinajstić information content (AvgIpc) is 3.07. The predicted octanol–water partition coefficient (Wildman–Crippen LogP) is 3.67. The fraction of sp³-hybridized carbons (Fsp3) is 0.278. The molecule has 4 heteroatoms. The van der Waals surface area contributed by atoms with Crippen LogP contribution in [0.25, 0.3) is 0 Å². The number of hydrogen-bond donors (Lipinski definition) is 1. The fourth-order valence-electron chi connectivity index (χ4n) is 2.68. The molecule has 0 spiro atoms. The molecule has 3 nitrogen and oxygen atoms in total. The number of carbonyl (C=O) groups excluding carboxylic acids is 1. The van der Waals surface area contributed by atoms with E-state index in [1.165, 1.54) is 12.1 Å². The number of nitrogens with one attached hydrogen (secondary N) is 1. The highest BCUT2D eigenvalue weighted by molar-refractivity contribution is 5.94. The first kappa shape index (κ1) is 14.6. The zero-order valence-corrected chi connectivity index (χ0v) is 12.4. The number of likely N-dealkylation sites (tertiary alicyclic amines) is 1. The van der Waals surface area contributed by atoms with Gasteiger partial charge in [-0.25, -0.2) is 4.39 Å². The van der Waals surface area contributed by atoms with Crippen LogP contribution in [0.15, 0.2) is 48.5 Å². The Morgan fingerprint density at radius 1 is 1.09 bits per heavy atom. The summed E-state index contributed by atoms with van der Waals surface area (Å²) in [6.45, 7) is 2.27. The lowest BCUT2D eigenvalue weighted by molar-refractivity contribution is 0.0793. The molecule has 1 heterocycles. The quantitative estimate of drug-likeness (QED) is 0.934. The summed E-state index contributed by atoms with van der Waals surface area (Å²) in [5, 5.41) is 3.23. The predicted molar refractivity (Wildman–Crippen MR) is 85.3 cm³/mol. The van der Waals surface area contributed by atoms with E-state index in [2.05, 4.69) is 5.32 Å². The highest BCUT2D eigenvalue weighted by Crippen LogP contribution is 2.16. The normalized spacial score (nSPS) is 14.1. The molecule has 2 aromatic carbocycles. The van der Waals surface area contributed by atoms with E-state index in [1.807, 2.05) is 35.2 Å². The van der Waals surface area contributed by atoms with Gasteiger partial charge in [0.1, 0.15) is 5.82 Å². The van der Waals surface area contributed by atoms with Gasteiger partial charge in [-0.3, -0.25) is 4.79 Å². The number of anilines is 1. The van der Waals surface area contributed by atoms with Gasteiger partial charge >= 0.3 is 0 Å². The van der Waals surface area contributed by atoms with Gasteiger partial charge in [0.2, 0.25) is 0 Å². The van der Waals surface area contributed by atoms with Gasteiger partial charge in [-0.2, -0.15) is 0 Å². The summed E-state index contributed by atoms with van der Waals surface area (Å²) >= 11 is 0. The summed E-state index contributed by atoms with van der Waals surface area (Å²) in [5.74, 6) is -0.125. The molecule has 1 fully saturated rings. The van der Waals surface area contributed by atoms with E-state index in [-0.39, 0.29) is 11.7 Å². The lowest BCUT2D eigenvalue weighted by Gasteiger charge is -2.15. The van der Waals surface area contributed by atoms with Gasteiger partial charge in [0.15, 0.2) is 0 Å². The molecule has 3 rings (SSSR count). The van der Waals surface area contributed by atoms with Gasteiger partial charge in [0, 0.05) is 30.9 Å². The summed E-state index contributed by atoms with van der Waals surface area (Å²) in [6.07, 6.45) is 2.19. The fourth-order valence-corrected chi connectivity index (χ4v) is 2.68.